The van der Waals surface area contributed by atoms with Gasteiger partial charge in [0.15, 0.2) is 5.76 Å². The first-order valence-corrected chi connectivity index (χ1v) is 6.17. The molecule has 1 unspecified atom stereocenters. The second-order valence-electron chi connectivity index (χ2n) is 4.36. The van der Waals surface area contributed by atoms with E-state index in [4.69, 9.17) is 9.52 Å². The molecule has 0 spiro atoms. The number of aromatic nitrogens is 2. The SMILES string of the molecule is CC(O)CCNC(=O)c1ccc(Cn2cccn2)o1. The first-order chi connectivity index (χ1) is 9.15. The van der Waals surface area contributed by atoms with E-state index in [1.165, 1.54) is 0 Å². The average Bonchev–Trinajstić information content (AvgIpc) is 3.00. The summed E-state index contributed by atoms with van der Waals surface area (Å²) in [6.45, 7) is 2.60. The Kier molecular flexibility index (Phi) is 4.35. The number of aliphatic hydroxyl groups excluding tert-OH is 1. The lowest BCUT2D eigenvalue weighted by Gasteiger charge is -2.04. The number of hydrogen-bond acceptors (Lipinski definition) is 4. The summed E-state index contributed by atoms with van der Waals surface area (Å²) in [5.41, 5.74) is 0. The maximum atomic E-state index is 11.7. The van der Waals surface area contributed by atoms with Gasteiger partial charge in [-0.1, -0.05) is 0 Å². The predicted molar refractivity (Wildman–Crippen MR) is 68.7 cm³/mol. The molecule has 0 bridgehead atoms. The van der Waals surface area contributed by atoms with E-state index in [-0.39, 0.29) is 11.7 Å². The van der Waals surface area contributed by atoms with E-state index < -0.39 is 6.10 Å². The molecule has 0 fully saturated rings. The van der Waals surface area contributed by atoms with Crippen molar-refractivity contribution in [1.82, 2.24) is 15.1 Å². The zero-order valence-corrected chi connectivity index (χ0v) is 10.7. The van der Waals surface area contributed by atoms with Crippen LogP contribution in [-0.4, -0.2) is 33.4 Å². The van der Waals surface area contributed by atoms with Crippen LogP contribution in [0.3, 0.4) is 0 Å². The number of hydrogen-bond donors (Lipinski definition) is 2. The number of rotatable bonds is 6. The Morgan fingerprint density at radius 2 is 2.42 bits per heavy atom. The molecule has 102 valence electrons. The molecule has 2 heterocycles. The maximum Gasteiger partial charge on any atom is 0.286 e. The van der Waals surface area contributed by atoms with Gasteiger partial charge in [0.25, 0.3) is 5.91 Å². The van der Waals surface area contributed by atoms with Crippen LogP contribution in [0.4, 0.5) is 0 Å². The molecule has 19 heavy (non-hydrogen) atoms. The van der Waals surface area contributed by atoms with Gasteiger partial charge < -0.3 is 14.8 Å². The molecule has 2 aromatic rings. The van der Waals surface area contributed by atoms with Gasteiger partial charge in [-0.05, 0) is 31.5 Å². The molecule has 0 aliphatic heterocycles. The number of furan rings is 1. The molecule has 0 aliphatic carbocycles. The summed E-state index contributed by atoms with van der Waals surface area (Å²) in [5, 5.41) is 15.8. The van der Waals surface area contributed by atoms with Crippen molar-refractivity contribution in [3.63, 3.8) is 0 Å². The smallest absolute Gasteiger partial charge is 0.286 e. The summed E-state index contributed by atoms with van der Waals surface area (Å²) in [5.74, 6) is 0.671. The lowest BCUT2D eigenvalue weighted by atomic mass is 10.3. The Morgan fingerprint density at radius 3 is 3.11 bits per heavy atom. The molecule has 0 aliphatic rings. The Morgan fingerprint density at radius 1 is 1.58 bits per heavy atom. The second-order valence-corrected chi connectivity index (χ2v) is 4.36. The van der Waals surface area contributed by atoms with Crippen molar-refractivity contribution in [2.24, 2.45) is 0 Å². The molecule has 6 nitrogen and oxygen atoms in total. The van der Waals surface area contributed by atoms with Crippen molar-refractivity contribution >= 4 is 5.91 Å². The largest absolute Gasteiger partial charge is 0.454 e. The van der Waals surface area contributed by atoms with E-state index in [0.29, 0.717) is 25.3 Å². The Labute approximate surface area is 111 Å². The van der Waals surface area contributed by atoms with Gasteiger partial charge in [-0.2, -0.15) is 5.10 Å². The summed E-state index contributed by atoms with van der Waals surface area (Å²) in [6, 6.07) is 5.22. The lowest BCUT2D eigenvalue weighted by Crippen LogP contribution is -2.26. The molecule has 2 N–H and O–H groups in total. The van der Waals surface area contributed by atoms with Crippen LogP contribution in [0.5, 0.6) is 0 Å². The number of carbonyl (C=O) groups is 1. The monoisotopic (exact) mass is 263 g/mol. The summed E-state index contributed by atoms with van der Waals surface area (Å²) in [7, 11) is 0. The molecule has 0 radical (unpaired) electrons. The molecule has 6 heteroatoms. The second kappa shape index (κ2) is 6.19. The number of aliphatic hydroxyl groups is 1. The molecule has 1 amide bonds. The standard InChI is InChI=1S/C13H17N3O3/c1-10(17)5-7-14-13(18)12-4-3-11(19-12)9-16-8-2-6-15-16/h2-4,6,8,10,17H,5,7,9H2,1H3,(H,14,18). The highest BCUT2D eigenvalue weighted by atomic mass is 16.4. The number of nitrogens with zero attached hydrogens (tertiary/aromatic N) is 2. The fourth-order valence-corrected chi connectivity index (χ4v) is 1.62. The maximum absolute atomic E-state index is 11.7. The predicted octanol–water partition coefficient (Wildman–Crippen LogP) is 1.03. The van der Waals surface area contributed by atoms with Crippen LogP contribution in [0, 0.1) is 0 Å². The molecule has 2 aromatic heterocycles. The summed E-state index contributed by atoms with van der Waals surface area (Å²) in [6.07, 6.45) is 3.61. The number of nitrogens with one attached hydrogen (secondary N) is 1. The quantitative estimate of drug-likeness (QED) is 0.815. The van der Waals surface area contributed by atoms with Crippen LogP contribution >= 0.6 is 0 Å². The zero-order valence-electron chi connectivity index (χ0n) is 10.7. The van der Waals surface area contributed by atoms with E-state index in [1.54, 1.807) is 29.9 Å². The van der Waals surface area contributed by atoms with E-state index in [9.17, 15) is 4.79 Å². The van der Waals surface area contributed by atoms with Gasteiger partial charge in [-0.15, -0.1) is 0 Å². The molecular formula is C13H17N3O3. The Bertz CT molecular complexity index is 517. The van der Waals surface area contributed by atoms with Crippen LogP contribution in [0.25, 0.3) is 0 Å². The molecule has 0 saturated heterocycles. The minimum Gasteiger partial charge on any atom is -0.454 e. The summed E-state index contributed by atoms with van der Waals surface area (Å²) >= 11 is 0. The van der Waals surface area contributed by atoms with Crippen LogP contribution < -0.4 is 5.32 Å². The highest BCUT2D eigenvalue weighted by molar-refractivity contribution is 5.91. The van der Waals surface area contributed by atoms with Gasteiger partial charge in [-0.25, -0.2) is 0 Å². The van der Waals surface area contributed by atoms with E-state index in [2.05, 4.69) is 10.4 Å². The summed E-state index contributed by atoms with van der Waals surface area (Å²) in [4.78, 5) is 11.7. The average molecular weight is 263 g/mol. The van der Waals surface area contributed by atoms with Crippen molar-refractivity contribution < 1.29 is 14.3 Å². The van der Waals surface area contributed by atoms with Gasteiger partial charge in [0.2, 0.25) is 0 Å². The van der Waals surface area contributed by atoms with Crippen molar-refractivity contribution in [1.29, 1.82) is 0 Å². The van der Waals surface area contributed by atoms with Crippen molar-refractivity contribution in [3.8, 4) is 0 Å². The number of carbonyl (C=O) groups excluding carboxylic acids is 1. The van der Waals surface area contributed by atoms with E-state index >= 15 is 0 Å². The Balaban J connectivity index is 1.87. The van der Waals surface area contributed by atoms with Crippen LogP contribution in [0.1, 0.15) is 29.7 Å². The first kappa shape index (κ1) is 13.4. The van der Waals surface area contributed by atoms with Crippen LogP contribution in [-0.2, 0) is 6.54 Å². The van der Waals surface area contributed by atoms with Crippen LogP contribution in [0.15, 0.2) is 35.0 Å². The third-order valence-corrected chi connectivity index (χ3v) is 2.61. The highest BCUT2D eigenvalue weighted by Crippen LogP contribution is 2.09. The third kappa shape index (κ3) is 3.96. The van der Waals surface area contributed by atoms with Gasteiger partial charge in [0.1, 0.15) is 5.76 Å². The van der Waals surface area contributed by atoms with Crippen molar-refractivity contribution in [3.05, 3.63) is 42.1 Å². The Hall–Kier alpha value is -2.08. The molecule has 2 rings (SSSR count). The third-order valence-electron chi connectivity index (χ3n) is 2.61. The normalized spacial score (nSPS) is 12.3. The highest BCUT2D eigenvalue weighted by Gasteiger charge is 2.11. The molecule has 0 aromatic carbocycles. The van der Waals surface area contributed by atoms with Crippen molar-refractivity contribution in [2.75, 3.05) is 6.54 Å². The topological polar surface area (TPSA) is 80.3 Å². The fraction of sp³-hybridized carbons (Fsp3) is 0.385. The fourth-order valence-electron chi connectivity index (χ4n) is 1.62. The van der Waals surface area contributed by atoms with Gasteiger partial charge in [-0.3, -0.25) is 9.48 Å². The summed E-state index contributed by atoms with van der Waals surface area (Å²) < 4.78 is 7.16. The molecule has 1 atom stereocenters. The van der Waals surface area contributed by atoms with Gasteiger partial charge in [0.05, 0.1) is 12.6 Å². The number of amides is 1. The first-order valence-electron chi connectivity index (χ1n) is 6.17. The van der Waals surface area contributed by atoms with E-state index in [1.807, 2.05) is 12.3 Å². The molecule has 0 saturated carbocycles. The molecular weight excluding hydrogens is 246 g/mol. The van der Waals surface area contributed by atoms with Crippen LogP contribution in [0.2, 0.25) is 0 Å². The minimum absolute atomic E-state index is 0.271. The zero-order chi connectivity index (χ0) is 13.7. The van der Waals surface area contributed by atoms with E-state index in [0.717, 1.165) is 0 Å². The van der Waals surface area contributed by atoms with Gasteiger partial charge in [0, 0.05) is 18.9 Å². The van der Waals surface area contributed by atoms with Gasteiger partial charge >= 0.3 is 0 Å². The minimum atomic E-state index is -0.424. The van der Waals surface area contributed by atoms with Crippen molar-refractivity contribution in [2.45, 2.75) is 26.0 Å². The lowest BCUT2D eigenvalue weighted by molar-refractivity contribution is 0.0916.